The van der Waals surface area contributed by atoms with Crippen LogP contribution in [0.1, 0.15) is 26.3 Å². The highest BCUT2D eigenvalue weighted by molar-refractivity contribution is 6.50. The highest BCUT2D eigenvalue weighted by atomic mass is 19.5. The van der Waals surface area contributed by atoms with Crippen LogP contribution < -0.4 is 4.90 Å². The highest BCUT2D eigenvalue weighted by Gasteiger charge is 2.44. The van der Waals surface area contributed by atoms with E-state index in [4.69, 9.17) is 0 Å². The fourth-order valence-electron chi connectivity index (χ4n) is 2.40. The van der Waals surface area contributed by atoms with Gasteiger partial charge in [-0.3, -0.25) is 0 Å². The van der Waals surface area contributed by atoms with Crippen LogP contribution in [0.4, 0.5) is 23.0 Å². The number of rotatable bonds is 0. The molecule has 1 heterocycles. The van der Waals surface area contributed by atoms with Gasteiger partial charge in [-0.1, -0.05) is 18.2 Å². The number of benzene rings is 1. The number of fused-ring (bicyclic) bond motifs is 1. The van der Waals surface area contributed by atoms with Crippen LogP contribution in [-0.4, -0.2) is 20.3 Å². The molecule has 0 saturated heterocycles. The van der Waals surface area contributed by atoms with Gasteiger partial charge in [-0.05, 0) is 26.8 Å². The first kappa shape index (κ1) is 15.0. The normalized spacial score (nSPS) is 25.1. The average Bonchev–Trinajstić information content (AvgIpc) is 2.40. The molecular formula is C12H18BF4N. The van der Waals surface area contributed by atoms with Crippen LogP contribution in [0.2, 0.25) is 0 Å². The zero-order valence-corrected chi connectivity index (χ0v) is 11.0. The summed E-state index contributed by atoms with van der Waals surface area (Å²) in [6.07, 6.45) is 0. The molecule has 0 aromatic heterocycles. The van der Waals surface area contributed by atoms with Crippen LogP contribution in [0.3, 0.4) is 0 Å². The first-order chi connectivity index (χ1) is 8.05. The monoisotopic (exact) mass is 263 g/mol. The van der Waals surface area contributed by atoms with Crippen molar-refractivity contribution in [3.05, 3.63) is 29.8 Å². The maximum absolute atomic E-state index is 9.75. The van der Waals surface area contributed by atoms with Crippen LogP contribution >= 0.6 is 0 Å². The van der Waals surface area contributed by atoms with Crippen molar-refractivity contribution in [1.29, 1.82) is 0 Å². The lowest BCUT2D eigenvalue weighted by molar-refractivity contribution is -0.834. The van der Waals surface area contributed by atoms with Gasteiger partial charge in [0.2, 0.25) is 0 Å². The van der Waals surface area contributed by atoms with Crippen molar-refractivity contribution in [2.75, 3.05) is 7.05 Å². The molecule has 0 saturated carbocycles. The number of quaternary nitrogens is 1. The minimum Gasteiger partial charge on any atom is -0.418 e. The Labute approximate surface area is 105 Å². The third kappa shape index (κ3) is 3.25. The molecular weight excluding hydrogens is 245 g/mol. The number of hydrogen-bond donors (Lipinski definition) is 1. The van der Waals surface area contributed by atoms with E-state index in [1.807, 2.05) is 0 Å². The first-order valence-corrected chi connectivity index (χ1v) is 5.85. The minimum atomic E-state index is -6.00. The van der Waals surface area contributed by atoms with Gasteiger partial charge in [0.15, 0.2) is 0 Å². The van der Waals surface area contributed by atoms with E-state index in [0.29, 0.717) is 11.5 Å². The Morgan fingerprint density at radius 2 is 1.56 bits per heavy atom. The molecule has 0 bridgehead atoms. The van der Waals surface area contributed by atoms with Gasteiger partial charge in [0.1, 0.15) is 5.69 Å². The van der Waals surface area contributed by atoms with E-state index in [0.717, 1.165) is 0 Å². The third-order valence-electron chi connectivity index (χ3n) is 3.78. The summed E-state index contributed by atoms with van der Waals surface area (Å²) in [6, 6.07) is 9.46. The Bertz CT molecular complexity index is 411. The second-order valence-corrected chi connectivity index (χ2v) is 5.17. The molecule has 1 aromatic carbocycles. The quantitative estimate of drug-likeness (QED) is 0.542. The summed E-state index contributed by atoms with van der Waals surface area (Å²) in [6.45, 7) is 7.01. The van der Waals surface area contributed by atoms with Gasteiger partial charge in [-0.25, -0.2) is 0 Å². The van der Waals surface area contributed by atoms with Gasteiger partial charge in [0, 0.05) is 11.0 Å². The summed E-state index contributed by atoms with van der Waals surface area (Å²) >= 11 is 0. The summed E-state index contributed by atoms with van der Waals surface area (Å²) in [7, 11) is -3.74. The third-order valence-corrected chi connectivity index (χ3v) is 3.78. The summed E-state index contributed by atoms with van der Waals surface area (Å²) in [5.74, 6) is 0. The number of para-hydroxylation sites is 1. The van der Waals surface area contributed by atoms with Crippen LogP contribution in [0.25, 0.3) is 0 Å². The fourth-order valence-corrected chi connectivity index (χ4v) is 2.40. The van der Waals surface area contributed by atoms with Gasteiger partial charge < -0.3 is 22.2 Å². The summed E-state index contributed by atoms with van der Waals surface area (Å²) in [5.41, 5.74) is 3.31. The molecule has 1 aliphatic rings. The van der Waals surface area contributed by atoms with Gasteiger partial charge in [0.05, 0.1) is 13.1 Å². The fraction of sp³-hybridized carbons (Fsp3) is 0.500. The van der Waals surface area contributed by atoms with E-state index in [-0.39, 0.29) is 0 Å². The molecule has 2 unspecified atom stereocenters. The Morgan fingerprint density at radius 3 is 2.00 bits per heavy atom. The smallest absolute Gasteiger partial charge is 0.418 e. The van der Waals surface area contributed by atoms with Crippen molar-refractivity contribution in [1.82, 2.24) is 0 Å². The van der Waals surface area contributed by atoms with Crippen molar-refractivity contribution < 1.29 is 22.2 Å². The summed E-state index contributed by atoms with van der Waals surface area (Å²) < 4.78 is 39.0. The molecule has 1 nitrogen and oxygen atoms in total. The topological polar surface area (TPSA) is 4.44 Å². The van der Waals surface area contributed by atoms with Crippen molar-refractivity contribution in [2.45, 2.75) is 32.2 Å². The Morgan fingerprint density at radius 1 is 1.11 bits per heavy atom. The van der Waals surface area contributed by atoms with E-state index >= 15 is 0 Å². The standard InChI is InChI=1S/C12H17N.BF4/c1-9-12(2,3)10-7-5-6-8-11(10)13(9)4;2-1(3,4)5/h5-9H,1-4H3;/q;-1/p+1. The lowest BCUT2D eigenvalue weighted by atomic mass is 9.81. The zero-order chi connectivity index (χ0) is 14.1. The number of likely N-dealkylation sites (N-methyl/N-ethyl adjacent to an activating group) is 1. The lowest BCUT2D eigenvalue weighted by Gasteiger charge is -2.23. The second kappa shape index (κ2) is 4.92. The zero-order valence-electron chi connectivity index (χ0n) is 11.0. The Hall–Kier alpha value is -1.04. The Balaban J connectivity index is 0.000000280. The van der Waals surface area contributed by atoms with Gasteiger partial charge in [-0.2, -0.15) is 0 Å². The molecule has 102 valence electrons. The molecule has 6 heteroatoms. The van der Waals surface area contributed by atoms with Crippen LogP contribution in [0.15, 0.2) is 24.3 Å². The minimum absolute atomic E-state index is 0.320. The largest absolute Gasteiger partial charge is 0.673 e. The molecule has 0 fully saturated rings. The van der Waals surface area contributed by atoms with Crippen molar-refractivity contribution in [3.8, 4) is 0 Å². The average molecular weight is 263 g/mol. The number of halogens is 4. The van der Waals surface area contributed by atoms with Gasteiger partial charge >= 0.3 is 7.25 Å². The number of hydrogen-bond acceptors (Lipinski definition) is 0. The van der Waals surface area contributed by atoms with E-state index in [1.54, 1.807) is 4.90 Å². The van der Waals surface area contributed by atoms with E-state index in [2.05, 4.69) is 52.1 Å². The molecule has 2 atom stereocenters. The summed E-state index contributed by atoms with van der Waals surface area (Å²) in [5, 5.41) is 0. The van der Waals surface area contributed by atoms with Crippen LogP contribution in [0.5, 0.6) is 0 Å². The predicted octanol–water partition coefficient (Wildman–Crippen LogP) is 2.81. The van der Waals surface area contributed by atoms with Crippen molar-refractivity contribution in [2.24, 2.45) is 0 Å². The number of nitrogens with one attached hydrogen (secondary N) is 1. The molecule has 1 aliphatic heterocycles. The molecule has 1 aromatic rings. The first-order valence-electron chi connectivity index (χ1n) is 5.85. The van der Waals surface area contributed by atoms with E-state index in [9.17, 15) is 17.3 Å². The van der Waals surface area contributed by atoms with Gasteiger partial charge in [0.25, 0.3) is 0 Å². The molecule has 0 spiro atoms. The molecule has 1 N–H and O–H groups in total. The highest BCUT2D eigenvalue weighted by Crippen LogP contribution is 2.35. The molecule has 18 heavy (non-hydrogen) atoms. The molecule has 2 rings (SSSR count). The SMILES string of the molecule is CC1[NH+](C)c2ccccc2C1(C)C.F[B-](F)(F)F. The van der Waals surface area contributed by atoms with E-state index in [1.165, 1.54) is 11.3 Å². The maximum Gasteiger partial charge on any atom is 0.673 e. The summed E-state index contributed by atoms with van der Waals surface area (Å²) in [4.78, 5) is 1.54. The Kier molecular flexibility index (Phi) is 4.10. The molecule has 0 aliphatic carbocycles. The van der Waals surface area contributed by atoms with Crippen LogP contribution in [-0.2, 0) is 5.41 Å². The van der Waals surface area contributed by atoms with Crippen LogP contribution in [0, 0.1) is 0 Å². The lowest BCUT2D eigenvalue weighted by Crippen LogP contribution is -3.07. The van der Waals surface area contributed by atoms with Crippen molar-refractivity contribution in [3.63, 3.8) is 0 Å². The van der Waals surface area contributed by atoms with Crippen molar-refractivity contribution >= 4 is 12.9 Å². The molecule has 0 amide bonds. The molecule has 0 radical (unpaired) electrons. The van der Waals surface area contributed by atoms with Gasteiger partial charge in [-0.15, -0.1) is 0 Å². The maximum atomic E-state index is 9.75. The predicted molar refractivity (Wildman–Crippen MR) is 65.7 cm³/mol. The van der Waals surface area contributed by atoms with E-state index < -0.39 is 7.25 Å². The second-order valence-electron chi connectivity index (χ2n) is 5.17.